The molecule has 0 N–H and O–H groups in total. The number of hydrazone groups is 1. The van der Waals surface area contributed by atoms with E-state index in [0.717, 1.165) is 39.2 Å². The molecule has 0 fully saturated rings. The Labute approximate surface area is 263 Å². The largest absolute Gasteiger partial charge is 0.439 e. The number of rotatable bonds is 6. The van der Waals surface area contributed by atoms with E-state index in [0.29, 0.717) is 5.76 Å². The molecule has 0 aromatic heterocycles. The number of anilines is 1. The van der Waals surface area contributed by atoms with Crippen molar-refractivity contribution in [2.45, 2.75) is 30.2 Å². The second-order valence-corrected chi connectivity index (χ2v) is 12.9. The molecule has 1 spiro atoms. The molecule has 6 nitrogen and oxygen atoms in total. The van der Waals surface area contributed by atoms with E-state index in [1.807, 2.05) is 116 Å². The molecule has 0 saturated heterocycles. The summed E-state index contributed by atoms with van der Waals surface area (Å²) in [5.41, 5.74) is 5.05. The third kappa shape index (κ3) is 5.15. The van der Waals surface area contributed by atoms with Crippen molar-refractivity contribution < 1.29 is 13.2 Å². The van der Waals surface area contributed by atoms with E-state index in [9.17, 15) is 8.42 Å². The SMILES string of the molecule is Cc1ccc(C2=NN(c3ccccc3)C3(C=C(c4ccccc4)O/C3=N\S(=O)(=O)c3ccc(C)cc3)C2c2ccccc2)cc1. The lowest BCUT2D eigenvalue weighted by atomic mass is 9.75. The standard InChI is InChI=1S/C38H31N3O3S/c1-27-18-22-31(23-19-27)36-35(30-14-8-4-9-15-30)38(41(39-36)32-16-10-5-11-17-32)26-34(29-12-6-3-7-13-29)44-37(38)40-45(42,43)33-24-20-28(2)21-25-33/h3-26,35H,1-2H3/b40-37-. The Morgan fingerprint density at radius 3 is 1.87 bits per heavy atom. The molecule has 0 bridgehead atoms. The van der Waals surface area contributed by atoms with Crippen LogP contribution in [0.15, 0.2) is 160 Å². The van der Waals surface area contributed by atoms with Crippen molar-refractivity contribution in [1.82, 2.24) is 0 Å². The van der Waals surface area contributed by atoms with Crippen molar-refractivity contribution in [2.75, 3.05) is 5.01 Å². The molecular weight excluding hydrogens is 579 g/mol. The first-order chi connectivity index (χ1) is 21.8. The zero-order chi connectivity index (χ0) is 31.0. The second-order valence-electron chi connectivity index (χ2n) is 11.3. The summed E-state index contributed by atoms with van der Waals surface area (Å²) in [6.07, 6.45) is 1.99. The lowest BCUT2D eigenvalue weighted by Crippen LogP contribution is -2.51. The monoisotopic (exact) mass is 609 g/mol. The normalized spacial score (nSPS) is 20.3. The molecule has 5 aromatic rings. The van der Waals surface area contributed by atoms with Crippen LogP contribution in [-0.2, 0) is 14.8 Å². The van der Waals surface area contributed by atoms with Gasteiger partial charge in [-0.2, -0.15) is 13.5 Å². The lowest BCUT2D eigenvalue weighted by molar-refractivity contribution is 0.474. The summed E-state index contributed by atoms with van der Waals surface area (Å²) >= 11 is 0. The van der Waals surface area contributed by atoms with Crippen LogP contribution in [0.3, 0.4) is 0 Å². The van der Waals surface area contributed by atoms with Gasteiger partial charge in [0.25, 0.3) is 10.0 Å². The van der Waals surface area contributed by atoms with Crippen LogP contribution < -0.4 is 5.01 Å². The predicted octanol–water partition coefficient (Wildman–Crippen LogP) is 7.91. The first-order valence-electron chi connectivity index (χ1n) is 14.8. The number of nitrogens with zero attached hydrogens (tertiary/aromatic N) is 3. The van der Waals surface area contributed by atoms with Crippen LogP contribution in [-0.4, -0.2) is 25.6 Å². The van der Waals surface area contributed by atoms with Crippen LogP contribution in [0.5, 0.6) is 0 Å². The highest BCUT2D eigenvalue weighted by Gasteiger charge is 2.60. The fraction of sp³-hybridized carbons (Fsp3) is 0.105. The van der Waals surface area contributed by atoms with Crippen molar-refractivity contribution in [3.63, 3.8) is 0 Å². The summed E-state index contributed by atoms with van der Waals surface area (Å²) in [6.45, 7) is 3.96. The van der Waals surface area contributed by atoms with Gasteiger partial charge in [0.05, 0.1) is 22.2 Å². The predicted molar refractivity (Wildman–Crippen MR) is 180 cm³/mol. The van der Waals surface area contributed by atoms with Crippen LogP contribution in [0.1, 0.15) is 33.7 Å². The minimum atomic E-state index is -4.18. The number of hydrogen-bond donors (Lipinski definition) is 0. The van der Waals surface area contributed by atoms with E-state index in [4.69, 9.17) is 9.84 Å². The van der Waals surface area contributed by atoms with Gasteiger partial charge in [0.15, 0.2) is 5.54 Å². The Kier molecular flexibility index (Phi) is 7.18. The lowest BCUT2D eigenvalue weighted by Gasteiger charge is -2.36. The number of para-hydroxylation sites is 1. The summed E-state index contributed by atoms with van der Waals surface area (Å²) in [5, 5.41) is 7.17. The fourth-order valence-corrected chi connectivity index (χ4v) is 6.96. The maximum absolute atomic E-state index is 14.0. The average Bonchev–Trinajstić information content (AvgIpc) is 3.61. The Bertz CT molecular complexity index is 2040. The molecule has 0 aliphatic carbocycles. The Balaban J connectivity index is 1.54. The highest BCUT2D eigenvalue weighted by atomic mass is 32.2. The van der Waals surface area contributed by atoms with Crippen molar-refractivity contribution in [2.24, 2.45) is 9.50 Å². The van der Waals surface area contributed by atoms with Crippen molar-refractivity contribution in [1.29, 1.82) is 0 Å². The molecule has 7 rings (SSSR count). The molecular formula is C38H31N3O3S. The van der Waals surface area contributed by atoms with Gasteiger partial charge >= 0.3 is 0 Å². The van der Waals surface area contributed by atoms with Gasteiger partial charge < -0.3 is 4.74 Å². The summed E-state index contributed by atoms with van der Waals surface area (Å²) in [7, 11) is -4.18. The average molecular weight is 610 g/mol. The molecule has 45 heavy (non-hydrogen) atoms. The number of ether oxygens (including phenoxy) is 1. The molecule has 0 amide bonds. The van der Waals surface area contributed by atoms with Gasteiger partial charge in [-0.05, 0) is 55.3 Å². The third-order valence-corrected chi connectivity index (χ3v) is 9.51. The van der Waals surface area contributed by atoms with Crippen LogP contribution in [0.25, 0.3) is 5.76 Å². The molecule has 2 atom stereocenters. The Morgan fingerprint density at radius 2 is 1.24 bits per heavy atom. The van der Waals surface area contributed by atoms with Crippen LogP contribution >= 0.6 is 0 Å². The minimum absolute atomic E-state index is 0.0329. The number of sulfonamides is 1. The van der Waals surface area contributed by atoms with E-state index >= 15 is 0 Å². The van der Waals surface area contributed by atoms with Crippen molar-refractivity contribution >= 4 is 33.1 Å². The Morgan fingerprint density at radius 1 is 0.689 bits per heavy atom. The van der Waals surface area contributed by atoms with Crippen LogP contribution in [0, 0.1) is 13.8 Å². The molecule has 5 aromatic carbocycles. The van der Waals surface area contributed by atoms with Gasteiger partial charge in [-0.1, -0.05) is 126 Å². The molecule has 0 saturated carbocycles. The van der Waals surface area contributed by atoms with Gasteiger partial charge in [0, 0.05) is 5.56 Å². The molecule has 2 aliphatic rings. The second kappa shape index (κ2) is 11.3. The molecule has 0 radical (unpaired) electrons. The van der Waals surface area contributed by atoms with Gasteiger partial charge in [-0.15, -0.1) is 4.40 Å². The number of benzene rings is 5. The van der Waals surface area contributed by atoms with Gasteiger partial charge in [-0.3, -0.25) is 0 Å². The van der Waals surface area contributed by atoms with Gasteiger partial charge in [-0.25, -0.2) is 5.01 Å². The van der Waals surface area contributed by atoms with Crippen LogP contribution in [0.2, 0.25) is 0 Å². The molecule has 2 aliphatic heterocycles. The zero-order valence-corrected chi connectivity index (χ0v) is 25.7. The van der Waals surface area contributed by atoms with E-state index in [1.54, 1.807) is 24.3 Å². The summed E-state index contributed by atoms with van der Waals surface area (Å²) in [6, 6.07) is 44.4. The summed E-state index contributed by atoms with van der Waals surface area (Å²) < 4.78 is 39.1. The minimum Gasteiger partial charge on any atom is -0.439 e. The van der Waals surface area contributed by atoms with Crippen molar-refractivity contribution in [3.8, 4) is 0 Å². The highest BCUT2D eigenvalue weighted by molar-refractivity contribution is 7.90. The smallest absolute Gasteiger partial charge is 0.285 e. The number of aryl methyl sites for hydroxylation is 2. The zero-order valence-electron chi connectivity index (χ0n) is 24.9. The highest BCUT2D eigenvalue weighted by Crippen LogP contribution is 2.51. The van der Waals surface area contributed by atoms with Gasteiger partial charge in [0.2, 0.25) is 5.90 Å². The van der Waals surface area contributed by atoms with E-state index in [2.05, 4.69) is 28.7 Å². The maximum atomic E-state index is 14.0. The number of hydrogen-bond acceptors (Lipinski definition) is 5. The molecule has 222 valence electrons. The molecule has 7 heteroatoms. The Hall–Kier alpha value is -5.27. The summed E-state index contributed by atoms with van der Waals surface area (Å²) in [4.78, 5) is 0.0905. The third-order valence-electron chi connectivity index (χ3n) is 8.23. The molecule has 2 unspecified atom stereocenters. The van der Waals surface area contributed by atoms with Gasteiger partial charge in [0.1, 0.15) is 5.76 Å². The van der Waals surface area contributed by atoms with Crippen molar-refractivity contribution in [3.05, 3.63) is 173 Å². The molecule has 2 heterocycles. The summed E-state index contributed by atoms with van der Waals surface area (Å²) in [5.74, 6) is 0.0657. The van der Waals surface area contributed by atoms with Crippen LogP contribution in [0.4, 0.5) is 5.69 Å². The maximum Gasteiger partial charge on any atom is 0.285 e. The topological polar surface area (TPSA) is 71.3 Å². The van der Waals surface area contributed by atoms with E-state index in [-0.39, 0.29) is 10.8 Å². The van der Waals surface area contributed by atoms with E-state index in [1.165, 1.54) is 0 Å². The first-order valence-corrected chi connectivity index (χ1v) is 16.2. The first kappa shape index (κ1) is 28.5. The fourth-order valence-electron chi connectivity index (χ4n) is 5.97. The quantitative estimate of drug-likeness (QED) is 0.196. The van der Waals surface area contributed by atoms with E-state index < -0.39 is 21.5 Å².